The molecule has 4 heteroatoms. The van der Waals surface area contributed by atoms with Crippen molar-refractivity contribution in [1.29, 1.82) is 0 Å². The molecule has 0 aliphatic carbocycles. The van der Waals surface area contributed by atoms with E-state index in [1.807, 2.05) is 31.1 Å². The van der Waals surface area contributed by atoms with Crippen molar-refractivity contribution >= 4 is 17.4 Å². The SMILES string of the molecule is CN(C)c1ccc(SC(F)F)cc1. The Bertz CT molecular complexity index is 259. The van der Waals surface area contributed by atoms with E-state index < -0.39 is 5.76 Å². The quantitative estimate of drug-likeness (QED) is 0.694. The van der Waals surface area contributed by atoms with Gasteiger partial charge in [0.2, 0.25) is 0 Å². The highest BCUT2D eigenvalue weighted by atomic mass is 32.2. The van der Waals surface area contributed by atoms with Gasteiger partial charge in [0.1, 0.15) is 0 Å². The fourth-order valence-corrected chi connectivity index (χ4v) is 1.42. The molecule has 0 amide bonds. The van der Waals surface area contributed by atoms with Gasteiger partial charge in [-0.1, -0.05) is 11.8 Å². The molecule has 1 nitrogen and oxygen atoms in total. The van der Waals surface area contributed by atoms with Crippen molar-refractivity contribution in [1.82, 2.24) is 0 Å². The molecular formula is C9H11F2NS. The van der Waals surface area contributed by atoms with E-state index in [0.717, 1.165) is 5.69 Å². The van der Waals surface area contributed by atoms with Crippen LogP contribution in [-0.4, -0.2) is 19.9 Å². The molecule has 0 atom stereocenters. The number of hydrogen-bond acceptors (Lipinski definition) is 2. The largest absolute Gasteiger partial charge is 0.378 e. The summed E-state index contributed by atoms with van der Waals surface area (Å²) < 4.78 is 23.9. The summed E-state index contributed by atoms with van der Waals surface area (Å²) in [4.78, 5) is 2.53. The van der Waals surface area contributed by atoms with Crippen LogP contribution in [0.4, 0.5) is 14.5 Å². The second-order valence-electron chi connectivity index (χ2n) is 2.77. The lowest BCUT2D eigenvalue weighted by Gasteiger charge is -2.12. The molecule has 0 saturated heterocycles. The van der Waals surface area contributed by atoms with E-state index in [1.54, 1.807) is 12.1 Å². The molecule has 0 aliphatic heterocycles. The van der Waals surface area contributed by atoms with Gasteiger partial charge in [0.25, 0.3) is 5.76 Å². The minimum atomic E-state index is -2.34. The van der Waals surface area contributed by atoms with Gasteiger partial charge in [-0.15, -0.1) is 0 Å². The Hall–Kier alpha value is -0.770. The average molecular weight is 203 g/mol. The van der Waals surface area contributed by atoms with Gasteiger partial charge < -0.3 is 4.90 Å². The maximum absolute atomic E-state index is 11.9. The Labute approximate surface area is 80.7 Å². The number of benzene rings is 1. The Morgan fingerprint density at radius 1 is 1.15 bits per heavy atom. The van der Waals surface area contributed by atoms with Crippen molar-refractivity contribution in [3.05, 3.63) is 24.3 Å². The van der Waals surface area contributed by atoms with Crippen LogP contribution in [0, 0.1) is 0 Å². The van der Waals surface area contributed by atoms with Crippen LogP contribution in [0.2, 0.25) is 0 Å². The number of halogens is 2. The van der Waals surface area contributed by atoms with Gasteiger partial charge in [0.05, 0.1) is 0 Å². The molecule has 0 aliphatic rings. The first kappa shape index (κ1) is 10.3. The lowest BCUT2D eigenvalue weighted by atomic mass is 10.3. The number of thioether (sulfide) groups is 1. The lowest BCUT2D eigenvalue weighted by Crippen LogP contribution is -2.07. The van der Waals surface area contributed by atoms with Crippen LogP contribution in [0.15, 0.2) is 29.2 Å². The normalized spacial score (nSPS) is 10.5. The molecule has 0 unspecified atom stereocenters. The topological polar surface area (TPSA) is 3.24 Å². The number of hydrogen-bond donors (Lipinski definition) is 0. The summed E-state index contributed by atoms with van der Waals surface area (Å²) in [5.41, 5.74) is 1.01. The molecule has 0 heterocycles. The van der Waals surface area contributed by atoms with E-state index >= 15 is 0 Å². The van der Waals surface area contributed by atoms with Gasteiger partial charge in [-0.2, -0.15) is 8.78 Å². The summed E-state index contributed by atoms with van der Waals surface area (Å²) in [6.07, 6.45) is 0. The summed E-state index contributed by atoms with van der Waals surface area (Å²) in [6.45, 7) is 0. The molecule has 72 valence electrons. The smallest absolute Gasteiger partial charge is 0.288 e. The fraction of sp³-hybridized carbons (Fsp3) is 0.333. The van der Waals surface area contributed by atoms with Crippen LogP contribution in [0.3, 0.4) is 0 Å². The van der Waals surface area contributed by atoms with Gasteiger partial charge in [0, 0.05) is 24.7 Å². The van der Waals surface area contributed by atoms with Crippen molar-refractivity contribution < 1.29 is 8.78 Å². The summed E-state index contributed by atoms with van der Waals surface area (Å²) in [5.74, 6) is -2.34. The second-order valence-corrected chi connectivity index (χ2v) is 3.83. The second kappa shape index (κ2) is 4.46. The maximum Gasteiger partial charge on any atom is 0.288 e. The van der Waals surface area contributed by atoms with Gasteiger partial charge >= 0.3 is 0 Å². The first-order valence-corrected chi connectivity index (χ1v) is 4.70. The Kier molecular flexibility index (Phi) is 3.54. The highest BCUT2D eigenvalue weighted by molar-refractivity contribution is 7.99. The summed E-state index contributed by atoms with van der Waals surface area (Å²) in [5, 5.41) is 0. The van der Waals surface area contributed by atoms with E-state index in [4.69, 9.17) is 0 Å². The molecule has 1 aromatic rings. The lowest BCUT2D eigenvalue weighted by molar-refractivity contribution is 0.252. The Morgan fingerprint density at radius 2 is 1.69 bits per heavy atom. The van der Waals surface area contributed by atoms with Crippen molar-refractivity contribution in [3.63, 3.8) is 0 Å². The Morgan fingerprint density at radius 3 is 2.08 bits per heavy atom. The summed E-state index contributed by atoms with van der Waals surface area (Å²) in [6, 6.07) is 7.05. The standard InChI is InChI=1S/C9H11F2NS/c1-12(2)7-3-5-8(6-4-7)13-9(10)11/h3-6,9H,1-2H3. The maximum atomic E-state index is 11.9. The molecule has 0 fully saturated rings. The summed E-state index contributed by atoms with van der Waals surface area (Å²) in [7, 11) is 3.82. The van der Waals surface area contributed by atoms with Crippen LogP contribution in [0.25, 0.3) is 0 Å². The molecule has 0 saturated carbocycles. The third-order valence-corrected chi connectivity index (χ3v) is 2.30. The van der Waals surface area contributed by atoms with Crippen LogP contribution in [0.1, 0.15) is 0 Å². The minimum absolute atomic E-state index is 0.567. The molecule has 1 aromatic carbocycles. The summed E-state index contributed by atoms with van der Waals surface area (Å²) >= 11 is 0.567. The van der Waals surface area contributed by atoms with E-state index in [2.05, 4.69) is 0 Å². The molecule has 0 N–H and O–H groups in total. The van der Waals surface area contributed by atoms with Crippen molar-refractivity contribution in [2.24, 2.45) is 0 Å². The molecule has 0 aromatic heterocycles. The zero-order valence-corrected chi connectivity index (χ0v) is 8.31. The predicted molar refractivity (Wildman–Crippen MR) is 52.6 cm³/mol. The molecular weight excluding hydrogens is 192 g/mol. The van der Waals surface area contributed by atoms with Gasteiger partial charge in [0.15, 0.2) is 0 Å². The fourth-order valence-electron chi connectivity index (χ4n) is 0.926. The third kappa shape index (κ3) is 3.22. The van der Waals surface area contributed by atoms with Crippen LogP contribution >= 0.6 is 11.8 Å². The number of rotatable bonds is 3. The van der Waals surface area contributed by atoms with Crippen molar-refractivity contribution in [3.8, 4) is 0 Å². The molecule has 0 spiro atoms. The monoisotopic (exact) mass is 203 g/mol. The van der Waals surface area contributed by atoms with E-state index in [0.29, 0.717) is 16.7 Å². The molecule has 1 rings (SSSR count). The zero-order valence-electron chi connectivity index (χ0n) is 7.50. The van der Waals surface area contributed by atoms with Crippen LogP contribution < -0.4 is 4.90 Å². The molecule has 0 bridgehead atoms. The number of anilines is 1. The van der Waals surface area contributed by atoms with Crippen molar-refractivity contribution in [2.45, 2.75) is 10.7 Å². The van der Waals surface area contributed by atoms with Gasteiger partial charge in [-0.05, 0) is 24.3 Å². The van der Waals surface area contributed by atoms with Crippen LogP contribution in [-0.2, 0) is 0 Å². The first-order chi connectivity index (χ1) is 6.09. The number of nitrogens with zero attached hydrogens (tertiary/aromatic N) is 1. The molecule has 13 heavy (non-hydrogen) atoms. The zero-order chi connectivity index (χ0) is 9.84. The predicted octanol–water partition coefficient (Wildman–Crippen LogP) is 3.07. The first-order valence-electron chi connectivity index (χ1n) is 3.82. The third-order valence-electron chi connectivity index (χ3n) is 1.58. The van der Waals surface area contributed by atoms with Gasteiger partial charge in [-0.3, -0.25) is 0 Å². The highest BCUT2D eigenvalue weighted by Crippen LogP contribution is 2.26. The minimum Gasteiger partial charge on any atom is -0.378 e. The Balaban J connectivity index is 2.70. The number of alkyl halides is 2. The van der Waals surface area contributed by atoms with Crippen molar-refractivity contribution in [2.75, 3.05) is 19.0 Å². The van der Waals surface area contributed by atoms with E-state index in [-0.39, 0.29) is 0 Å². The van der Waals surface area contributed by atoms with Gasteiger partial charge in [-0.25, -0.2) is 0 Å². The highest BCUT2D eigenvalue weighted by Gasteiger charge is 2.04. The average Bonchev–Trinajstić information content (AvgIpc) is 2.04. The van der Waals surface area contributed by atoms with Crippen LogP contribution in [0.5, 0.6) is 0 Å². The van der Waals surface area contributed by atoms with E-state index in [1.165, 1.54) is 0 Å². The molecule has 0 radical (unpaired) electrons. The van der Waals surface area contributed by atoms with E-state index in [9.17, 15) is 8.78 Å².